The van der Waals surface area contributed by atoms with Crippen molar-refractivity contribution in [2.45, 2.75) is 29.7 Å². The topological polar surface area (TPSA) is 0 Å². The standard InChI is InChI=1S/C25H26GeP/c1-25(2,27)24(23-18-17-19-11-9-10-16-22(19)23)26(20-12-5-3-6-13-20)21-14-7-4-8-15-21/h3-18,23-24H,27H2,1-2H3. The molecule has 3 aromatic rings. The third-order valence-corrected chi connectivity index (χ3v) is 14.2. The molecule has 0 saturated carbocycles. The number of benzene rings is 3. The normalized spacial score (nSPS) is 17.1. The van der Waals surface area contributed by atoms with Gasteiger partial charge in [0.2, 0.25) is 0 Å². The third kappa shape index (κ3) is 3.84. The first-order valence-electron chi connectivity index (χ1n) is 9.59. The van der Waals surface area contributed by atoms with E-state index in [-0.39, 0.29) is 5.16 Å². The van der Waals surface area contributed by atoms with E-state index in [0.717, 1.165) is 0 Å². The van der Waals surface area contributed by atoms with Gasteiger partial charge in [0.25, 0.3) is 0 Å². The Morgan fingerprint density at radius 2 is 1.30 bits per heavy atom. The minimum atomic E-state index is -1.84. The van der Waals surface area contributed by atoms with Crippen molar-refractivity contribution in [3.63, 3.8) is 0 Å². The fourth-order valence-corrected chi connectivity index (χ4v) is 12.9. The molecular weight excluding hydrogens is 404 g/mol. The molecule has 135 valence electrons. The predicted molar refractivity (Wildman–Crippen MR) is 124 cm³/mol. The molecule has 0 nitrogen and oxygen atoms in total. The molecule has 0 bridgehead atoms. The minimum absolute atomic E-state index is 0.146. The van der Waals surface area contributed by atoms with Gasteiger partial charge in [0.15, 0.2) is 0 Å². The Balaban J connectivity index is 1.88. The van der Waals surface area contributed by atoms with Crippen LogP contribution in [0.25, 0.3) is 6.08 Å². The van der Waals surface area contributed by atoms with Crippen LogP contribution in [-0.2, 0) is 0 Å². The first-order chi connectivity index (χ1) is 13.1. The van der Waals surface area contributed by atoms with Crippen LogP contribution in [0.4, 0.5) is 0 Å². The molecule has 2 heteroatoms. The molecule has 27 heavy (non-hydrogen) atoms. The van der Waals surface area contributed by atoms with Crippen molar-refractivity contribution < 1.29 is 0 Å². The molecule has 0 spiro atoms. The summed E-state index contributed by atoms with van der Waals surface area (Å²) in [4.78, 5) is 0. The summed E-state index contributed by atoms with van der Waals surface area (Å²) < 4.78 is 3.70. The van der Waals surface area contributed by atoms with Crippen LogP contribution in [0.3, 0.4) is 0 Å². The third-order valence-electron chi connectivity index (χ3n) is 5.48. The maximum absolute atomic E-state index is 3.18. The fourth-order valence-electron chi connectivity index (χ4n) is 4.34. The fraction of sp³-hybridized carbons (Fsp3) is 0.200. The zero-order valence-corrected chi connectivity index (χ0v) is 19.2. The van der Waals surface area contributed by atoms with Crippen molar-refractivity contribution in [2.75, 3.05) is 0 Å². The summed E-state index contributed by atoms with van der Waals surface area (Å²) in [6.45, 7) is 4.80. The zero-order valence-electron chi connectivity index (χ0n) is 16.0. The van der Waals surface area contributed by atoms with Gasteiger partial charge in [-0.3, -0.25) is 0 Å². The van der Waals surface area contributed by atoms with Crippen LogP contribution in [0.5, 0.6) is 0 Å². The molecule has 0 heterocycles. The number of rotatable bonds is 5. The van der Waals surface area contributed by atoms with Gasteiger partial charge >= 0.3 is 170 Å². The molecule has 3 atom stereocenters. The van der Waals surface area contributed by atoms with Gasteiger partial charge in [0.05, 0.1) is 0 Å². The summed E-state index contributed by atoms with van der Waals surface area (Å²) in [5, 5.41) is 0.146. The summed E-state index contributed by atoms with van der Waals surface area (Å²) in [5.41, 5.74) is 2.88. The molecule has 0 aliphatic heterocycles. The van der Waals surface area contributed by atoms with Crippen LogP contribution in [-0.4, -0.2) is 19.5 Å². The quantitative estimate of drug-likeness (QED) is 0.389. The number of allylic oxidation sites excluding steroid dienone is 1. The van der Waals surface area contributed by atoms with E-state index in [0.29, 0.717) is 10.7 Å². The summed E-state index contributed by atoms with van der Waals surface area (Å²) >= 11 is -1.84. The van der Waals surface area contributed by atoms with Crippen LogP contribution >= 0.6 is 9.24 Å². The van der Waals surface area contributed by atoms with E-state index >= 15 is 0 Å². The average Bonchev–Trinajstić information content (AvgIpc) is 3.10. The number of fused-ring (bicyclic) bond motifs is 1. The van der Waals surface area contributed by atoms with Gasteiger partial charge in [-0.1, -0.05) is 0 Å². The second-order valence-corrected chi connectivity index (χ2v) is 14.9. The second kappa shape index (κ2) is 7.78. The molecule has 1 radical (unpaired) electrons. The van der Waals surface area contributed by atoms with Gasteiger partial charge < -0.3 is 0 Å². The van der Waals surface area contributed by atoms with Crippen molar-refractivity contribution in [3.05, 3.63) is 102 Å². The Bertz CT molecular complexity index is 886. The molecule has 1 aliphatic rings. The first kappa shape index (κ1) is 18.7. The monoisotopic (exact) mass is 431 g/mol. The van der Waals surface area contributed by atoms with Crippen LogP contribution in [0.1, 0.15) is 30.9 Å². The summed E-state index contributed by atoms with van der Waals surface area (Å²) in [6, 6.07) is 31.4. The molecule has 1 aliphatic carbocycles. The molecule has 4 rings (SSSR count). The van der Waals surface area contributed by atoms with E-state index in [4.69, 9.17) is 0 Å². The summed E-state index contributed by atoms with van der Waals surface area (Å²) in [7, 11) is 3.18. The summed E-state index contributed by atoms with van der Waals surface area (Å²) in [6.07, 6.45) is 4.79. The number of hydrogen-bond donors (Lipinski definition) is 0. The van der Waals surface area contributed by atoms with Gasteiger partial charge in [-0.25, -0.2) is 0 Å². The van der Waals surface area contributed by atoms with Gasteiger partial charge in [-0.15, -0.1) is 0 Å². The second-order valence-electron chi connectivity index (χ2n) is 7.96. The average molecular weight is 430 g/mol. The van der Waals surface area contributed by atoms with E-state index in [2.05, 4.69) is 120 Å². The molecule has 0 fully saturated rings. The van der Waals surface area contributed by atoms with Gasteiger partial charge in [0, 0.05) is 0 Å². The van der Waals surface area contributed by atoms with Crippen LogP contribution < -0.4 is 8.79 Å². The predicted octanol–water partition coefficient (Wildman–Crippen LogP) is 5.13. The van der Waals surface area contributed by atoms with Crippen molar-refractivity contribution in [2.24, 2.45) is 0 Å². The molecule has 0 amide bonds. The first-order valence-corrected chi connectivity index (χ1v) is 13.5. The molecule has 0 N–H and O–H groups in total. The SMILES string of the molecule is CC(C)(P)[CH](C1C=Cc2ccccc21)[Ge]([c]1ccccc1)[c]1ccccc1. The molecule has 3 unspecified atom stereocenters. The van der Waals surface area contributed by atoms with Crippen molar-refractivity contribution in [1.82, 2.24) is 0 Å². The Hall–Kier alpha value is -1.63. The Morgan fingerprint density at radius 3 is 1.85 bits per heavy atom. The van der Waals surface area contributed by atoms with Crippen molar-refractivity contribution >= 4 is 38.5 Å². The van der Waals surface area contributed by atoms with Crippen molar-refractivity contribution in [1.29, 1.82) is 0 Å². The van der Waals surface area contributed by atoms with Crippen LogP contribution in [0, 0.1) is 0 Å². The molecule has 3 aromatic carbocycles. The van der Waals surface area contributed by atoms with Gasteiger partial charge in [0.1, 0.15) is 0 Å². The Morgan fingerprint density at radius 1 is 0.778 bits per heavy atom. The van der Waals surface area contributed by atoms with Crippen LogP contribution in [0.15, 0.2) is 91.0 Å². The molecule has 0 saturated heterocycles. The van der Waals surface area contributed by atoms with Crippen LogP contribution in [0.2, 0.25) is 4.75 Å². The molecule has 0 aromatic heterocycles. The van der Waals surface area contributed by atoms with Crippen molar-refractivity contribution in [3.8, 4) is 0 Å². The molecular formula is C25H26GeP. The Labute approximate surface area is 170 Å². The van der Waals surface area contributed by atoms with E-state index < -0.39 is 14.3 Å². The maximum atomic E-state index is 3.18. The van der Waals surface area contributed by atoms with E-state index in [1.54, 1.807) is 8.79 Å². The zero-order chi connectivity index (χ0) is 18.9. The van der Waals surface area contributed by atoms with Gasteiger partial charge in [-0.05, 0) is 0 Å². The van der Waals surface area contributed by atoms with E-state index in [1.165, 1.54) is 11.1 Å². The number of hydrogen-bond acceptors (Lipinski definition) is 0. The summed E-state index contributed by atoms with van der Waals surface area (Å²) in [5.74, 6) is 0.476. The Kier molecular flexibility index (Phi) is 5.39. The van der Waals surface area contributed by atoms with Gasteiger partial charge in [-0.2, -0.15) is 0 Å². The van der Waals surface area contributed by atoms with E-state index in [9.17, 15) is 0 Å². The van der Waals surface area contributed by atoms with E-state index in [1.807, 2.05) is 0 Å².